The fourth-order valence-corrected chi connectivity index (χ4v) is 4.72. The number of hydrogen-bond acceptors (Lipinski definition) is 5. The summed E-state index contributed by atoms with van der Waals surface area (Å²) in [5.41, 5.74) is 3.65. The highest BCUT2D eigenvalue weighted by molar-refractivity contribution is 7.98. The normalized spacial score (nSPS) is 11.1. The van der Waals surface area contributed by atoms with E-state index < -0.39 is 0 Å². The van der Waals surface area contributed by atoms with Gasteiger partial charge in [-0.05, 0) is 56.5 Å². The molecule has 0 spiro atoms. The average molecular weight is 423 g/mol. The number of amides is 1. The molecule has 2 aromatic heterocycles. The van der Waals surface area contributed by atoms with E-state index >= 15 is 0 Å². The van der Waals surface area contributed by atoms with Crippen molar-refractivity contribution >= 4 is 44.4 Å². The predicted octanol–water partition coefficient (Wildman–Crippen LogP) is 5.18. The Kier molecular flexibility index (Phi) is 5.69. The Morgan fingerprint density at radius 2 is 1.97 bits per heavy atom. The van der Waals surface area contributed by atoms with E-state index in [2.05, 4.69) is 5.10 Å². The molecule has 0 N–H and O–H groups in total. The molecule has 0 aliphatic carbocycles. The molecule has 1 amide bonds. The Morgan fingerprint density at radius 3 is 2.69 bits per heavy atom. The predicted molar refractivity (Wildman–Crippen MR) is 121 cm³/mol. The summed E-state index contributed by atoms with van der Waals surface area (Å²) in [5.74, 6) is -0.0403. The lowest BCUT2D eigenvalue weighted by atomic mass is 10.2. The van der Waals surface area contributed by atoms with Crippen molar-refractivity contribution in [1.82, 2.24) is 14.8 Å². The zero-order valence-corrected chi connectivity index (χ0v) is 18.3. The highest BCUT2D eigenvalue weighted by Gasteiger charge is 2.22. The van der Waals surface area contributed by atoms with Gasteiger partial charge in [-0.1, -0.05) is 29.5 Å². The van der Waals surface area contributed by atoms with E-state index in [1.165, 1.54) is 0 Å². The second-order valence-corrected chi connectivity index (χ2v) is 8.69. The largest absolute Gasteiger partial charge is 0.282 e. The highest BCUT2D eigenvalue weighted by atomic mass is 32.2. The minimum atomic E-state index is -0.0403. The molecule has 0 atom stereocenters. The number of carbonyl (C=O) groups is 1. The van der Waals surface area contributed by atoms with Gasteiger partial charge in [0.15, 0.2) is 5.13 Å². The highest BCUT2D eigenvalue weighted by Crippen LogP contribution is 2.30. The molecule has 7 heteroatoms. The molecule has 0 aliphatic heterocycles. The number of para-hydroxylation sites is 1. The molecule has 29 heavy (non-hydrogen) atoms. The number of aromatic nitrogens is 3. The maximum Gasteiger partial charge on any atom is 0.260 e. The molecule has 0 unspecified atom stereocenters. The van der Waals surface area contributed by atoms with E-state index in [-0.39, 0.29) is 5.91 Å². The summed E-state index contributed by atoms with van der Waals surface area (Å²) >= 11 is 3.17. The van der Waals surface area contributed by atoms with Crippen molar-refractivity contribution in [3.8, 4) is 0 Å². The smallest absolute Gasteiger partial charge is 0.260 e. The Morgan fingerprint density at radius 1 is 1.14 bits per heavy atom. The lowest BCUT2D eigenvalue weighted by Gasteiger charge is -2.20. The van der Waals surface area contributed by atoms with Crippen LogP contribution < -0.4 is 4.90 Å². The van der Waals surface area contributed by atoms with Crippen LogP contribution in [0.15, 0.2) is 59.5 Å². The molecule has 0 fully saturated rings. The van der Waals surface area contributed by atoms with Crippen LogP contribution in [-0.4, -0.2) is 33.5 Å². The molecule has 0 saturated heterocycles. The summed E-state index contributed by atoms with van der Waals surface area (Å²) < 4.78 is 3.02. The van der Waals surface area contributed by atoms with Crippen LogP contribution >= 0.6 is 23.1 Å². The molecule has 2 heterocycles. The van der Waals surface area contributed by atoms with Gasteiger partial charge in [0.2, 0.25) is 0 Å². The number of thiazole rings is 1. The number of carbonyl (C=O) groups excluding carboxylic acids is 1. The zero-order valence-electron chi connectivity index (χ0n) is 16.6. The van der Waals surface area contributed by atoms with Crippen LogP contribution in [0.25, 0.3) is 10.2 Å². The number of benzene rings is 2. The molecule has 0 saturated carbocycles. The lowest BCUT2D eigenvalue weighted by Crippen LogP contribution is -2.34. The first kappa shape index (κ1) is 19.7. The Bertz CT molecular complexity index is 1130. The van der Waals surface area contributed by atoms with Crippen molar-refractivity contribution in [1.29, 1.82) is 0 Å². The van der Waals surface area contributed by atoms with Crippen LogP contribution in [0.1, 0.15) is 21.7 Å². The lowest BCUT2D eigenvalue weighted by molar-refractivity contribution is 0.0985. The van der Waals surface area contributed by atoms with Crippen LogP contribution in [0, 0.1) is 13.8 Å². The molecular formula is C22H22N4OS2. The summed E-state index contributed by atoms with van der Waals surface area (Å²) in [7, 11) is 0. The topological polar surface area (TPSA) is 51.0 Å². The molecule has 4 aromatic rings. The van der Waals surface area contributed by atoms with Crippen LogP contribution in [0.5, 0.6) is 0 Å². The summed E-state index contributed by atoms with van der Waals surface area (Å²) in [5, 5.41) is 5.25. The Hall–Kier alpha value is -2.64. The van der Waals surface area contributed by atoms with Crippen LogP contribution in [0.3, 0.4) is 0 Å². The van der Waals surface area contributed by atoms with Crippen molar-refractivity contribution in [3.05, 3.63) is 71.5 Å². The van der Waals surface area contributed by atoms with Crippen LogP contribution in [0.2, 0.25) is 0 Å². The van der Waals surface area contributed by atoms with E-state index in [0.29, 0.717) is 23.8 Å². The fraction of sp³-hybridized carbons (Fsp3) is 0.227. The maximum atomic E-state index is 13.5. The third-order valence-corrected chi connectivity index (χ3v) is 6.50. The Labute approximate surface area is 178 Å². The minimum Gasteiger partial charge on any atom is -0.282 e. The number of rotatable bonds is 6. The summed E-state index contributed by atoms with van der Waals surface area (Å²) in [6.07, 6.45) is 2.01. The second kappa shape index (κ2) is 8.39. The van der Waals surface area contributed by atoms with Crippen molar-refractivity contribution in [2.75, 3.05) is 17.7 Å². The standard InChI is InChI=1S/C22H22N4OS2/c1-15-13-16(2)26(24-15)12-11-25(21(27)17-7-6-8-18(14-17)28-3)22-23-19-9-4-5-10-20(19)29-22/h4-10,13-14H,11-12H2,1-3H3. The molecule has 0 aliphatic rings. The van der Waals surface area contributed by atoms with Gasteiger partial charge in [0.1, 0.15) is 0 Å². The van der Waals surface area contributed by atoms with Gasteiger partial charge in [0, 0.05) is 22.7 Å². The molecule has 4 rings (SSSR count). The average Bonchev–Trinajstić information content (AvgIpc) is 3.30. The van der Waals surface area contributed by atoms with Gasteiger partial charge in [-0.2, -0.15) is 5.10 Å². The van der Waals surface area contributed by atoms with Gasteiger partial charge in [-0.3, -0.25) is 14.4 Å². The van der Waals surface area contributed by atoms with Crippen LogP contribution in [0.4, 0.5) is 5.13 Å². The first-order valence-corrected chi connectivity index (χ1v) is 11.4. The van der Waals surface area contributed by atoms with Crippen molar-refractivity contribution in [3.63, 3.8) is 0 Å². The van der Waals surface area contributed by atoms with Gasteiger partial charge < -0.3 is 0 Å². The number of thioether (sulfide) groups is 1. The monoisotopic (exact) mass is 422 g/mol. The van der Waals surface area contributed by atoms with E-state index in [1.54, 1.807) is 28.0 Å². The number of anilines is 1. The van der Waals surface area contributed by atoms with Crippen molar-refractivity contribution in [2.45, 2.75) is 25.3 Å². The van der Waals surface area contributed by atoms with E-state index in [0.717, 1.165) is 26.5 Å². The number of nitrogens with zero attached hydrogens (tertiary/aromatic N) is 4. The molecule has 148 valence electrons. The summed E-state index contributed by atoms with van der Waals surface area (Å²) in [6.45, 7) is 5.13. The van der Waals surface area contributed by atoms with E-state index in [4.69, 9.17) is 4.98 Å². The number of aryl methyl sites for hydroxylation is 2. The molecule has 0 bridgehead atoms. The third kappa shape index (κ3) is 4.21. The third-order valence-electron chi connectivity index (χ3n) is 4.71. The van der Waals surface area contributed by atoms with E-state index in [9.17, 15) is 4.79 Å². The van der Waals surface area contributed by atoms with Gasteiger partial charge >= 0.3 is 0 Å². The van der Waals surface area contributed by atoms with Gasteiger partial charge in [0.05, 0.1) is 22.5 Å². The summed E-state index contributed by atoms with van der Waals surface area (Å²) in [4.78, 5) is 21.0. The minimum absolute atomic E-state index is 0.0403. The molecule has 5 nitrogen and oxygen atoms in total. The van der Waals surface area contributed by atoms with E-state index in [1.807, 2.05) is 79.4 Å². The first-order valence-electron chi connectivity index (χ1n) is 9.37. The Balaban J connectivity index is 1.69. The van der Waals surface area contributed by atoms with Gasteiger partial charge in [-0.15, -0.1) is 11.8 Å². The molecule has 0 radical (unpaired) electrons. The van der Waals surface area contributed by atoms with Crippen molar-refractivity contribution < 1.29 is 4.79 Å². The van der Waals surface area contributed by atoms with Crippen LogP contribution in [-0.2, 0) is 6.54 Å². The van der Waals surface area contributed by atoms with Crippen molar-refractivity contribution in [2.24, 2.45) is 0 Å². The zero-order chi connectivity index (χ0) is 20.4. The number of fused-ring (bicyclic) bond motifs is 1. The number of hydrogen-bond donors (Lipinski definition) is 0. The summed E-state index contributed by atoms with van der Waals surface area (Å²) in [6, 6.07) is 17.8. The maximum absolute atomic E-state index is 13.5. The van der Waals surface area contributed by atoms with Gasteiger partial charge in [-0.25, -0.2) is 4.98 Å². The molecule has 2 aromatic carbocycles. The van der Waals surface area contributed by atoms with Gasteiger partial charge in [0.25, 0.3) is 5.91 Å². The first-order chi connectivity index (χ1) is 14.0. The quantitative estimate of drug-likeness (QED) is 0.402. The second-order valence-electron chi connectivity index (χ2n) is 6.80. The SMILES string of the molecule is CSc1cccc(C(=O)N(CCn2nc(C)cc2C)c2nc3ccccc3s2)c1. The fourth-order valence-electron chi connectivity index (χ4n) is 3.27. The molecular weight excluding hydrogens is 400 g/mol.